The molecule has 1 aromatic heterocycles. The van der Waals surface area contributed by atoms with E-state index in [0.29, 0.717) is 16.8 Å². The third-order valence-corrected chi connectivity index (χ3v) is 4.37. The van der Waals surface area contributed by atoms with Crippen LogP contribution in [-0.4, -0.2) is 10.4 Å². The number of ketones is 1. The van der Waals surface area contributed by atoms with Gasteiger partial charge in [0.15, 0.2) is 5.78 Å². The monoisotopic (exact) mass is 342 g/mol. The number of aromatic nitrogens is 1. The molecule has 1 heterocycles. The quantitative estimate of drug-likeness (QED) is 0.563. The number of rotatable bonds is 2. The van der Waals surface area contributed by atoms with Gasteiger partial charge in [0.25, 0.3) is 0 Å². The molecule has 0 aliphatic carbocycles. The summed E-state index contributed by atoms with van der Waals surface area (Å²) in [5, 5.41) is 0.967. The number of nitrogen functional groups attached to an aromatic ring is 1. The van der Waals surface area contributed by atoms with Crippen LogP contribution in [-0.2, 0) is 7.05 Å². The minimum Gasteiger partial charge on any atom is -0.398 e. The van der Waals surface area contributed by atoms with E-state index in [1.54, 1.807) is 18.2 Å². The number of carbonyl (C=O) groups excluding carboxylic acids is 1. The van der Waals surface area contributed by atoms with Crippen LogP contribution < -0.4 is 5.73 Å². The first-order valence-corrected chi connectivity index (χ1v) is 7.42. The summed E-state index contributed by atoms with van der Waals surface area (Å²) >= 11 is 3.35. The van der Waals surface area contributed by atoms with Gasteiger partial charge in [0.05, 0.1) is 0 Å². The Morgan fingerprint density at radius 2 is 1.95 bits per heavy atom. The number of benzene rings is 2. The highest BCUT2D eigenvalue weighted by molar-refractivity contribution is 9.10. The molecule has 0 atom stereocenters. The summed E-state index contributed by atoms with van der Waals surface area (Å²) in [5.41, 5.74) is 9.98. The Labute approximate surface area is 131 Å². The molecule has 0 unspecified atom stereocenters. The van der Waals surface area contributed by atoms with Crippen LogP contribution in [0.4, 0.5) is 5.69 Å². The molecule has 21 heavy (non-hydrogen) atoms. The number of aryl methyl sites for hydroxylation is 2. The molecule has 0 fully saturated rings. The van der Waals surface area contributed by atoms with Gasteiger partial charge in [-0.3, -0.25) is 4.79 Å². The van der Waals surface area contributed by atoms with Gasteiger partial charge in [-0.25, -0.2) is 0 Å². The van der Waals surface area contributed by atoms with E-state index in [1.807, 2.05) is 36.9 Å². The highest BCUT2D eigenvalue weighted by Gasteiger charge is 2.16. The summed E-state index contributed by atoms with van der Waals surface area (Å²) in [6.45, 7) is 2.04. The van der Waals surface area contributed by atoms with E-state index in [2.05, 4.69) is 22.0 Å². The molecule has 0 saturated heterocycles. The molecule has 0 spiro atoms. The number of hydrogen-bond acceptors (Lipinski definition) is 2. The number of nitrogens with zero attached hydrogens (tertiary/aromatic N) is 1. The van der Waals surface area contributed by atoms with Crippen molar-refractivity contribution < 1.29 is 4.79 Å². The van der Waals surface area contributed by atoms with Gasteiger partial charge in [-0.15, -0.1) is 0 Å². The molecule has 2 N–H and O–H groups in total. The number of anilines is 1. The molecule has 3 rings (SSSR count). The predicted molar refractivity (Wildman–Crippen MR) is 89.6 cm³/mol. The molecule has 4 heteroatoms. The Bertz CT molecular complexity index is 865. The average Bonchev–Trinajstić information content (AvgIpc) is 2.78. The van der Waals surface area contributed by atoms with Crippen molar-refractivity contribution in [3.8, 4) is 0 Å². The summed E-state index contributed by atoms with van der Waals surface area (Å²) in [6, 6.07) is 11.4. The lowest BCUT2D eigenvalue weighted by Crippen LogP contribution is -2.02. The van der Waals surface area contributed by atoms with E-state index in [9.17, 15) is 4.79 Å². The normalized spacial score (nSPS) is 11.0. The molecule has 0 radical (unpaired) electrons. The zero-order valence-electron chi connectivity index (χ0n) is 11.9. The summed E-state index contributed by atoms with van der Waals surface area (Å²) in [7, 11) is 1.95. The summed E-state index contributed by atoms with van der Waals surface area (Å²) in [4.78, 5) is 12.7. The van der Waals surface area contributed by atoms with E-state index < -0.39 is 0 Å². The SMILES string of the molecule is Cc1ccc2c(C(=O)c3ccc(Br)c(N)c3)cn(C)c2c1. The van der Waals surface area contributed by atoms with E-state index in [1.165, 1.54) is 5.56 Å². The number of nitrogens with two attached hydrogens (primary N) is 1. The van der Waals surface area contributed by atoms with Gasteiger partial charge in [-0.2, -0.15) is 0 Å². The summed E-state index contributed by atoms with van der Waals surface area (Å²) in [5.74, 6) is -0.0105. The number of fused-ring (bicyclic) bond motifs is 1. The van der Waals surface area contributed by atoms with Gasteiger partial charge in [0.2, 0.25) is 0 Å². The molecule has 2 aromatic carbocycles. The van der Waals surface area contributed by atoms with Crippen molar-refractivity contribution in [2.75, 3.05) is 5.73 Å². The lowest BCUT2D eigenvalue weighted by Gasteiger charge is -2.03. The van der Waals surface area contributed by atoms with Gasteiger partial charge in [0, 0.05) is 45.4 Å². The van der Waals surface area contributed by atoms with Crippen LogP contribution in [0.5, 0.6) is 0 Å². The average molecular weight is 343 g/mol. The zero-order chi connectivity index (χ0) is 15.1. The van der Waals surface area contributed by atoms with E-state index >= 15 is 0 Å². The molecule has 0 amide bonds. The lowest BCUT2D eigenvalue weighted by molar-refractivity contribution is 0.104. The maximum absolute atomic E-state index is 12.7. The van der Waals surface area contributed by atoms with Gasteiger partial charge in [-0.05, 0) is 52.7 Å². The van der Waals surface area contributed by atoms with Crippen molar-refractivity contribution in [3.63, 3.8) is 0 Å². The molecule has 0 bridgehead atoms. The second-order valence-electron chi connectivity index (χ2n) is 5.24. The Morgan fingerprint density at radius 3 is 2.67 bits per heavy atom. The molecule has 0 aliphatic heterocycles. The van der Waals surface area contributed by atoms with Gasteiger partial charge in [0.1, 0.15) is 0 Å². The van der Waals surface area contributed by atoms with Gasteiger partial charge < -0.3 is 10.3 Å². The fourth-order valence-corrected chi connectivity index (χ4v) is 2.76. The molecular formula is C17H15BrN2O. The lowest BCUT2D eigenvalue weighted by atomic mass is 10.0. The Balaban J connectivity index is 2.15. The smallest absolute Gasteiger partial charge is 0.195 e. The molecule has 0 saturated carbocycles. The maximum atomic E-state index is 12.7. The van der Waals surface area contributed by atoms with Crippen molar-refractivity contribution in [1.82, 2.24) is 4.57 Å². The van der Waals surface area contributed by atoms with E-state index in [4.69, 9.17) is 5.73 Å². The van der Waals surface area contributed by atoms with Crippen molar-refractivity contribution in [2.45, 2.75) is 6.92 Å². The number of hydrogen-bond donors (Lipinski definition) is 1. The first-order valence-electron chi connectivity index (χ1n) is 6.63. The largest absolute Gasteiger partial charge is 0.398 e. The van der Waals surface area contributed by atoms with E-state index in [0.717, 1.165) is 15.4 Å². The first-order chi connectivity index (χ1) is 9.97. The minimum absolute atomic E-state index is 0.0105. The molecule has 106 valence electrons. The third kappa shape index (κ3) is 2.36. The fourth-order valence-electron chi connectivity index (χ4n) is 2.52. The van der Waals surface area contributed by atoms with Gasteiger partial charge >= 0.3 is 0 Å². The number of carbonyl (C=O) groups is 1. The predicted octanol–water partition coefficient (Wildman–Crippen LogP) is 4.06. The van der Waals surface area contributed by atoms with Crippen LogP contribution in [0.15, 0.2) is 47.1 Å². The minimum atomic E-state index is -0.0105. The molecule has 0 aliphatic rings. The van der Waals surface area contributed by atoms with E-state index in [-0.39, 0.29) is 5.78 Å². The zero-order valence-corrected chi connectivity index (χ0v) is 13.4. The van der Waals surface area contributed by atoms with Crippen LogP contribution in [0.25, 0.3) is 10.9 Å². The Hall–Kier alpha value is -2.07. The van der Waals surface area contributed by atoms with Crippen molar-refractivity contribution in [2.24, 2.45) is 7.05 Å². The first kappa shape index (κ1) is 13.9. The maximum Gasteiger partial charge on any atom is 0.195 e. The van der Waals surface area contributed by atoms with Crippen LogP contribution in [0.2, 0.25) is 0 Å². The summed E-state index contributed by atoms with van der Waals surface area (Å²) < 4.78 is 2.78. The highest BCUT2D eigenvalue weighted by atomic mass is 79.9. The second-order valence-corrected chi connectivity index (χ2v) is 6.09. The molecular weight excluding hydrogens is 328 g/mol. The Morgan fingerprint density at radius 1 is 1.19 bits per heavy atom. The van der Waals surface area contributed by atoms with Crippen LogP contribution in [0, 0.1) is 6.92 Å². The van der Waals surface area contributed by atoms with Crippen molar-refractivity contribution >= 4 is 38.3 Å². The highest BCUT2D eigenvalue weighted by Crippen LogP contribution is 2.26. The second kappa shape index (κ2) is 5.04. The summed E-state index contributed by atoms with van der Waals surface area (Å²) in [6.07, 6.45) is 1.88. The van der Waals surface area contributed by atoms with Gasteiger partial charge in [-0.1, -0.05) is 12.1 Å². The topological polar surface area (TPSA) is 48.0 Å². The fraction of sp³-hybridized carbons (Fsp3) is 0.118. The van der Waals surface area contributed by atoms with Crippen LogP contribution >= 0.6 is 15.9 Å². The molecule has 3 nitrogen and oxygen atoms in total. The number of halogens is 1. The standard InChI is InChI=1S/C17H15BrN2O/c1-10-3-5-12-13(9-20(2)16(12)7-10)17(21)11-4-6-14(18)15(19)8-11/h3-9H,19H2,1-2H3. The van der Waals surface area contributed by atoms with Crippen LogP contribution in [0.1, 0.15) is 21.5 Å². The van der Waals surface area contributed by atoms with Crippen LogP contribution in [0.3, 0.4) is 0 Å². The molecule has 3 aromatic rings. The van der Waals surface area contributed by atoms with Crippen molar-refractivity contribution in [3.05, 3.63) is 63.8 Å². The van der Waals surface area contributed by atoms with Crippen molar-refractivity contribution in [1.29, 1.82) is 0 Å². The third-order valence-electron chi connectivity index (χ3n) is 3.65. The Kier molecular flexibility index (Phi) is 3.33.